The zero-order valence-electron chi connectivity index (χ0n) is 25.6. The minimum Gasteiger partial charge on any atom is -0.497 e. The Balaban J connectivity index is 1.52. The number of amides is 1. The summed E-state index contributed by atoms with van der Waals surface area (Å²) >= 11 is 3.99. The number of rotatable bonds is 13. The lowest BCUT2D eigenvalue weighted by Crippen LogP contribution is -2.38. The van der Waals surface area contributed by atoms with Gasteiger partial charge in [0.25, 0.3) is 0 Å². The van der Waals surface area contributed by atoms with E-state index in [-0.39, 0.29) is 31.2 Å². The number of thiol groups is 1. The number of methoxy groups -OCH3 is 2. The number of carbonyl (C=O) groups is 1. The predicted octanol–water partition coefficient (Wildman–Crippen LogP) is 5.88. The van der Waals surface area contributed by atoms with E-state index < -0.39 is 37.0 Å². The van der Waals surface area contributed by atoms with E-state index in [1.807, 2.05) is 78.9 Å². The summed E-state index contributed by atoms with van der Waals surface area (Å²) in [5.74, 6) is 1.25. The lowest BCUT2D eigenvalue weighted by atomic mass is 9.80. The van der Waals surface area contributed by atoms with Gasteiger partial charge in [0.15, 0.2) is 0 Å². The van der Waals surface area contributed by atoms with Crippen molar-refractivity contribution in [1.82, 2.24) is 9.55 Å². The van der Waals surface area contributed by atoms with Crippen LogP contribution in [0, 0.1) is 0 Å². The van der Waals surface area contributed by atoms with Crippen LogP contribution in [0.4, 0.5) is 5.82 Å². The van der Waals surface area contributed by atoms with E-state index >= 15 is 0 Å². The van der Waals surface area contributed by atoms with E-state index in [0.717, 1.165) is 16.7 Å². The Bertz CT molecular complexity index is 1660. The molecule has 2 heterocycles. The fraction of sp³-hybridized carbons (Fsp3) is 0.303. The fourth-order valence-corrected chi connectivity index (χ4v) is 6.28. The predicted molar refractivity (Wildman–Crippen MR) is 176 cm³/mol. The van der Waals surface area contributed by atoms with E-state index in [0.29, 0.717) is 11.5 Å². The van der Waals surface area contributed by atoms with E-state index in [1.54, 1.807) is 21.1 Å². The van der Waals surface area contributed by atoms with Crippen molar-refractivity contribution in [3.63, 3.8) is 0 Å². The summed E-state index contributed by atoms with van der Waals surface area (Å²) in [5, 5.41) is 2.58. The number of anilines is 1. The van der Waals surface area contributed by atoms with Crippen molar-refractivity contribution in [2.24, 2.45) is 0 Å². The maximum absolute atomic E-state index is 13.0. The number of nitrogens with one attached hydrogen (secondary N) is 1. The van der Waals surface area contributed by atoms with Gasteiger partial charge in [0.05, 0.1) is 20.8 Å². The fourth-order valence-electron chi connectivity index (χ4n) is 5.46. The Hall–Kier alpha value is -4.06. The highest BCUT2D eigenvalue weighted by atomic mass is 32.7. The summed E-state index contributed by atoms with van der Waals surface area (Å²) < 4.78 is 43.3. The van der Waals surface area contributed by atoms with E-state index in [1.165, 1.54) is 16.8 Å². The number of hydrogen-bond donors (Lipinski definition) is 2. The highest BCUT2D eigenvalue weighted by molar-refractivity contribution is 8.39. The van der Waals surface area contributed by atoms with Crippen molar-refractivity contribution in [3.05, 3.63) is 118 Å². The average molecular weight is 665 g/mol. The van der Waals surface area contributed by atoms with E-state index in [4.69, 9.17) is 23.5 Å². The zero-order valence-corrected chi connectivity index (χ0v) is 27.4. The standard InChI is InChI=1S/C33H34N3O8PS/c1-4-30(37)34-29-18-19-36(32(38)35-29)31-20-27(44-45(39)46)28(43-31)21-42-33(22-8-6-5-7-9-22,23-10-14-25(40-2)15-11-23)24-12-16-26(41-3)17-13-24/h5-19,27-28,31H,4,20-21H2,1-3H3,(H-,34,35,37,38,39,46)/p+1/t27-,28+,31+/m0/s1. The Kier molecular flexibility index (Phi) is 10.9. The number of ether oxygens (including phenoxy) is 4. The second-order valence-corrected chi connectivity index (χ2v) is 12.1. The van der Waals surface area contributed by atoms with Gasteiger partial charge in [0.1, 0.15) is 53.6 Å². The van der Waals surface area contributed by atoms with Gasteiger partial charge in [-0.25, -0.2) is 4.79 Å². The third kappa shape index (κ3) is 7.32. The molecule has 0 saturated carbocycles. The highest BCUT2D eigenvalue weighted by Crippen LogP contribution is 2.44. The Labute approximate surface area is 272 Å². The molecule has 1 unspecified atom stereocenters. The van der Waals surface area contributed by atoms with Crippen LogP contribution in [-0.2, 0) is 29.0 Å². The molecular weight excluding hydrogens is 629 g/mol. The molecule has 240 valence electrons. The van der Waals surface area contributed by atoms with Crippen LogP contribution < -0.4 is 20.5 Å². The van der Waals surface area contributed by atoms with Crippen molar-refractivity contribution in [3.8, 4) is 11.5 Å². The monoisotopic (exact) mass is 664 g/mol. The molecule has 1 aromatic heterocycles. The van der Waals surface area contributed by atoms with E-state index in [2.05, 4.69) is 22.5 Å². The summed E-state index contributed by atoms with van der Waals surface area (Å²) in [4.78, 5) is 28.7. The third-order valence-corrected chi connectivity index (χ3v) is 8.51. The number of hydrogen-bond acceptors (Lipinski definition) is 9. The van der Waals surface area contributed by atoms with Gasteiger partial charge in [0, 0.05) is 19.0 Å². The Morgan fingerprint density at radius 2 is 1.57 bits per heavy atom. The summed E-state index contributed by atoms with van der Waals surface area (Å²) in [6.45, 7) is 1.69. The minimum absolute atomic E-state index is 0.0160. The smallest absolute Gasteiger partial charge is 0.497 e. The van der Waals surface area contributed by atoms with Crippen LogP contribution >= 0.6 is 19.5 Å². The van der Waals surface area contributed by atoms with Crippen LogP contribution in [-0.4, -0.2) is 48.5 Å². The maximum atomic E-state index is 13.0. The molecule has 0 aliphatic carbocycles. The second-order valence-electron chi connectivity index (χ2n) is 10.5. The first kappa shape index (κ1) is 33.3. The SMILES string of the molecule is CCC(=O)Nc1ccn([C@H]2C[C@H](O[P+](=O)S)[C@@H](COC(c3ccccc3)(c3ccc(OC)cc3)c3ccc(OC)cc3)O2)c(=O)n1. The van der Waals surface area contributed by atoms with Gasteiger partial charge in [-0.3, -0.25) is 9.36 Å². The molecule has 1 fully saturated rings. The first-order chi connectivity index (χ1) is 22.3. The lowest BCUT2D eigenvalue weighted by molar-refractivity contribution is -0.115. The quantitative estimate of drug-likeness (QED) is 0.102. The normalized spacial score (nSPS) is 18.2. The number of carbonyl (C=O) groups excluding carboxylic acids is 1. The number of nitrogens with zero attached hydrogens (tertiary/aromatic N) is 2. The van der Waals surface area contributed by atoms with Gasteiger partial charge in [0.2, 0.25) is 5.91 Å². The van der Waals surface area contributed by atoms with Crippen LogP contribution in [0.5, 0.6) is 11.5 Å². The number of aromatic nitrogens is 2. The molecule has 3 aromatic carbocycles. The molecule has 0 radical (unpaired) electrons. The molecule has 4 atom stereocenters. The van der Waals surface area contributed by atoms with Gasteiger partial charge in [-0.15, -0.1) is 4.52 Å². The maximum Gasteiger partial charge on any atom is 0.582 e. The molecule has 13 heteroatoms. The molecular formula is C33H35N3O8PS+. The molecule has 1 aliphatic rings. The van der Waals surface area contributed by atoms with Crippen LogP contribution in [0.2, 0.25) is 0 Å². The van der Waals surface area contributed by atoms with Gasteiger partial charge in [-0.05, 0) is 51.6 Å². The van der Waals surface area contributed by atoms with Crippen molar-refractivity contribution in [2.75, 3.05) is 26.1 Å². The van der Waals surface area contributed by atoms with Crippen molar-refractivity contribution < 1.29 is 32.8 Å². The molecule has 11 nitrogen and oxygen atoms in total. The second kappa shape index (κ2) is 15.0. The molecule has 5 rings (SSSR count). The summed E-state index contributed by atoms with van der Waals surface area (Å²) in [6.07, 6.45) is -0.349. The molecule has 4 aromatic rings. The average Bonchev–Trinajstić information content (AvgIpc) is 3.47. The molecule has 1 aliphatic heterocycles. The largest absolute Gasteiger partial charge is 0.582 e. The van der Waals surface area contributed by atoms with Gasteiger partial charge in [-0.1, -0.05) is 61.5 Å². The first-order valence-electron chi connectivity index (χ1n) is 14.6. The summed E-state index contributed by atoms with van der Waals surface area (Å²) in [7, 11) is 0.911. The molecule has 0 bridgehead atoms. The molecule has 1 saturated heterocycles. The third-order valence-electron chi connectivity index (χ3n) is 7.77. The Morgan fingerprint density at radius 3 is 2.09 bits per heavy atom. The van der Waals surface area contributed by atoms with Crippen LogP contribution in [0.1, 0.15) is 42.7 Å². The van der Waals surface area contributed by atoms with Gasteiger partial charge >= 0.3 is 12.9 Å². The summed E-state index contributed by atoms with van der Waals surface area (Å²) in [6, 6.07) is 26.5. The zero-order chi connectivity index (χ0) is 32.7. The number of benzene rings is 3. The molecule has 1 amide bonds. The van der Waals surface area contributed by atoms with Crippen molar-refractivity contribution >= 4 is 31.2 Å². The highest BCUT2D eigenvalue weighted by Gasteiger charge is 2.45. The van der Waals surface area contributed by atoms with Gasteiger partial charge < -0.3 is 24.3 Å². The lowest BCUT2D eigenvalue weighted by Gasteiger charge is -2.37. The van der Waals surface area contributed by atoms with Crippen LogP contribution in [0.3, 0.4) is 0 Å². The van der Waals surface area contributed by atoms with Gasteiger partial charge in [-0.2, -0.15) is 4.98 Å². The van der Waals surface area contributed by atoms with E-state index in [9.17, 15) is 14.2 Å². The first-order valence-corrected chi connectivity index (χ1v) is 17.0. The molecule has 46 heavy (non-hydrogen) atoms. The van der Waals surface area contributed by atoms with Crippen molar-refractivity contribution in [2.45, 2.75) is 43.8 Å². The summed E-state index contributed by atoms with van der Waals surface area (Å²) in [5.41, 5.74) is 0.739. The Morgan fingerprint density at radius 1 is 0.978 bits per heavy atom. The molecule has 0 spiro atoms. The minimum atomic E-state index is -2.30. The van der Waals surface area contributed by atoms with Crippen LogP contribution in [0.25, 0.3) is 0 Å². The van der Waals surface area contributed by atoms with Crippen molar-refractivity contribution in [1.29, 1.82) is 0 Å². The molecule has 1 N–H and O–H groups in total. The topological polar surface area (TPSA) is 127 Å². The van der Waals surface area contributed by atoms with Crippen LogP contribution in [0.15, 0.2) is 95.9 Å².